The Morgan fingerprint density at radius 2 is 2.50 bits per heavy atom. The quantitative estimate of drug-likeness (QED) is 0.700. The molecule has 1 aliphatic rings. The number of aliphatic hydroxyl groups excluding tert-OH is 1. The molecule has 1 unspecified atom stereocenters. The van der Waals surface area contributed by atoms with Gasteiger partial charge in [0.05, 0.1) is 12.8 Å². The highest BCUT2D eigenvalue weighted by atomic mass is 16.5. The van der Waals surface area contributed by atoms with Crippen molar-refractivity contribution in [2.24, 2.45) is 5.92 Å². The van der Waals surface area contributed by atoms with Gasteiger partial charge in [0.15, 0.2) is 6.10 Å². The minimum absolute atomic E-state index is 0.150. The van der Waals surface area contributed by atoms with E-state index in [9.17, 15) is 9.90 Å². The molecule has 1 N–H and O–H groups in total. The first-order valence-corrected chi connectivity index (χ1v) is 5.34. The Balaban J connectivity index is 1.88. The van der Waals surface area contributed by atoms with Crippen LogP contribution in [0.2, 0.25) is 0 Å². The maximum Gasteiger partial charge on any atom is 0.335 e. The lowest BCUT2D eigenvalue weighted by Gasteiger charge is -2.04. The van der Waals surface area contributed by atoms with E-state index in [-0.39, 0.29) is 6.42 Å². The first-order chi connectivity index (χ1) is 7.69. The van der Waals surface area contributed by atoms with Crippen molar-refractivity contribution in [2.45, 2.75) is 31.9 Å². The topological polar surface area (TPSA) is 77.2 Å². The number of aliphatic hydroxyl groups is 1. The molecule has 1 heterocycles. The van der Waals surface area contributed by atoms with Crippen LogP contribution >= 0.6 is 0 Å². The van der Waals surface area contributed by atoms with E-state index in [4.69, 9.17) is 0 Å². The normalized spacial score (nSPS) is 17.1. The van der Waals surface area contributed by atoms with Crippen LogP contribution in [0, 0.1) is 5.92 Å². The lowest BCUT2D eigenvalue weighted by atomic mass is 10.2. The molecule has 0 spiro atoms. The lowest BCUT2D eigenvalue weighted by Crippen LogP contribution is -2.24. The standard InChI is InChI=1S/C10H15N3O3/c1-16-10(15)9(14)4-8-6-13(12-11-8)5-7-2-3-7/h6-7,9,14H,2-5H2,1H3. The third-order valence-corrected chi connectivity index (χ3v) is 2.60. The molecule has 0 radical (unpaired) electrons. The van der Waals surface area contributed by atoms with E-state index in [0.29, 0.717) is 5.69 Å². The monoisotopic (exact) mass is 225 g/mol. The van der Waals surface area contributed by atoms with Gasteiger partial charge in [-0.2, -0.15) is 0 Å². The van der Waals surface area contributed by atoms with Crippen molar-refractivity contribution in [2.75, 3.05) is 7.11 Å². The van der Waals surface area contributed by atoms with Crippen molar-refractivity contribution in [1.29, 1.82) is 0 Å². The summed E-state index contributed by atoms with van der Waals surface area (Å²) in [5.41, 5.74) is 0.610. The predicted molar refractivity (Wildman–Crippen MR) is 54.5 cm³/mol. The summed E-state index contributed by atoms with van der Waals surface area (Å²) in [7, 11) is 1.25. The van der Waals surface area contributed by atoms with E-state index in [2.05, 4.69) is 15.0 Å². The van der Waals surface area contributed by atoms with Gasteiger partial charge in [0, 0.05) is 19.2 Å². The van der Waals surface area contributed by atoms with Gasteiger partial charge in [-0.15, -0.1) is 5.10 Å². The van der Waals surface area contributed by atoms with Crippen molar-refractivity contribution in [3.8, 4) is 0 Å². The van der Waals surface area contributed by atoms with E-state index in [1.807, 2.05) is 0 Å². The van der Waals surface area contributed by atoms with Crippen LogP contribution < -0.4 is 0 Å². The number of methoxy groups -OCH3 is 1. The van der Waals surface area contributed by atoms with Gasteiger partial charge in [0.2, 0.25) is 0 Å². The molecule has 1 fully saturated rings. The zero-order valence-corrected chi connectivity index (χ0v) is 9.17. The van der Waals surface area contributed by atoms with Crippen molar-refractivity contribution < 1.29 is 14.6 Å². The molecule has 0 aliphatic heterocycles. The number of ether oxygens (including phenoxy) is 1. The molecule has 1 aromatic rings. The maximum atomic E-state index is 11.0. The summed E-state index contributed by atoms with van der Waals surface area (Å²) in [5.74, 6) is 0.0804. The fourth-order valence-corrected chi connectivity index (χ4v) is 1.50. The Morgan fingerprint density at radius 3 is 3.12 bits per heavy atom. The Labute approximate surface area is 93.2 Å². The molecule has 1 aromatic heterocycles. The number of carbonyl (C=O) groups is 1. The molecule has 2 rings (SSSR count). The maximum absolute atomic E-state index is 11.0. The number of rotatable bonds is 5. The van der Waals surface area contributed by atoms with Crippen LogP contribution in [0.15, 0.2) is 6.20 Å². The van der Waals surface area contributed by atoms with Gasteiger partial charge in [0.1, 0.15) is 0 Å². The highest BCUT2D eigenvalue weighted by molar-refractivity contribution is 5.74. The molecule has 1 aliphatic carbocycles. The summed E-state index contributed by atoms with van der Waals surface area (Å²) < 4.78 is 6.18. The van der Waals surface area contributed by atoms with Gasteiger partial charge in [-0.25, -0.2) is 4.79 Å². The average molecular weight is 225 g/mol. The van der Waals surface area contributed by atoms with Crippen LogP contribution in [0.1, 0.15) is 18.5 Å². The van der Waals surface area contributed by atoms with E-state index in [1.165, 1.54) is 20.0 Å². The summed E-state index contributed by atoms with van der Waals surface area (Å²) in [6.07, 6.45) is 3.26. The molecular formula is C10H15N3O3. The zero-order chi connectivity index (χ0) is 11.5. The third kappa shape index (κ3) is 2.79. The van der Waals surface area contributed by atoms with Crippen LogP contribution in [-0.4, -0.2) is 39.3 Å². The molecule has 0 saturated heterocycles. The van der Waals surface area contributed by atoms with Crippen molar-refractivity contribution >= 4 is 5.97 Å². The van der Waals surface area contributed by atoms with Crippen molar-refractivity contribution in [1.82, 2.24) is 15.0 Å². The van der Waals surface area contributed by atoms with Gasteiger partial charge in [-0.1, -0.05) is 5.21 Å². The van der Waals surface area contributed by atoms with E-state index < -0.39 is 12.1 Å². The Kier molecular flexibility index (Phi) is 3.19. The molecule has 0 aromatic carbocycles. The first-order valence-electron chi connectivity index (χ1n) is 5.34. The molecule has 1 saturated carbocycles. The number of aromatic nitrogens is 3. The highest BCUT2D eigenvalue weighted by Crippen LogP contribution is 2.30. The van der Waals surface area contributed by atoms with Gasteiger partial charge in [0.25, 0.3) is 0 Å². The van der Waals surface area contributed by atoms with E-state index in [0.717, 1.165) is 12.5 Å². The summed E-state index contributed by atoms with van der Waals surface area (Å²) in [6.45, 7) is 0.876. The Bertz CT molecular complexity index is 373. The second-order valence-electron chi connectivity index (χ2n) is 4.12. The zero-order valence-electron chi connectivity index (χ0n) is 9.17. The highest BCUT2D eigenvalue weighted by Gasteiger charge is 2.23. The number of hydrogen-bond acceptors (Lipinski definition) is 5. The number of nitrogens with zero attached hydrogens (tertiary/aromatic N) is 3. The average Bonchev–Trinajstić information content (AvgIpc) is 2.97. The second-order valence-corrected chi connectivity index (χ2v) is 4.12. The van der Waals surface area contributed by atoms with Crippen LogP contribution in [0.5, 0.6) is 0 Å². The van der Waals surface area contributed by atoms with E-state index in [1.54, 1.807) is 10.9 Å². The first kappa shape index (κ1) is 11.1. The molecule has 0 bridgehead atoms. The Morgan fingerprint density at radius 1 is 1.75 bits per heavy atom. The van der Waals surface area contributed by atoms with Gasteiger partial charge in [-0.05, 0) is 18.8 Å². The Hall–Kier alpha value is -1.43. The molecule has 0 amide bonds. The fraction of sp³-hybridized carbons (Fsp3) is 0.700. The predicted octanol–water partition coefficient (Wildman–Crippen LogP) is -0.236. The number of hydrogen-bond donors (Lipinski definition) is 1. The molecule has 16 heavy (non-hydrogen) atoms. The van der Waals surface area contributed by atoms with Crippen LogP contribution in [-0.2, 0) is 22.5 Å². The van der Waals surface area contributed by atoms with Crippen molar-refractivity contribution in [3.63, 3.8) is 0 Å². The van der Waals surface area contributed by atoms with Gasteiger partial charge >= 0.3 is 5.97 Å². The molecule has 6 nitrogen and oxygen atoms in total. The smallest absolute Gasteiger partial charge is 0.335 e. The largest absolute Gasteiger partial charge is 0.467 e. The lowest BCUT2D eigenvalue weighted by molar-refractivity contribution is -0.150. The molecule has 6 heteroatoms. The van der Waals surface area contributed by atoms with Crippen LogP contribution in [0.4, 0.5) is 0 Å². The third-order valence-electron chi connectivity index (χ3n) is 2.60. The molecule has 1 atom stereocenters. The fourth-order valence-electron chi connectivity index (χ4n) is 1.50. The van der Waals surface area contributed by atoms with Crippen molar-refractivity contribution in [3.05, 3.63) is 11.9 Å². The van der Waals surface area contributed by atoms with Gasteiger partial charge in [-0.3, -0.25) is 4.68 Å². The molecular weight excluding hydrogens is 210 g/mol. The van der Waals surface area contributed by atoms with E-state index >= 15 is 0 Å². The second kappa shape index (κ2) is 4.61. The van der Waals surface area contributed by atoms with Gasteiger partial charge < -0.3 is 9.84 Å². The number of esters is 1. The molecule has 88 valence electrons. The minimum atomic E-state index is -1.16. The minimum Gasteiger partial charge on any atom is -0.467 e. The number of carbonyl (C=O) groups excluding carboxylic acids is 1. The summed E-state index contributed by atoms with van der Waals surface area (Å²) in [4.78, 5) is 11.0. The summed E-state index contributed by atoms with van der Waals surface area (Å²) in [5, 5.41) is 17.3. The SMILES string of the molecule is COC(=O)C(O)Cc1cn(CC2CC2)nn1. The van der Waals surface area contributed by atoms with Crippen LogP contribution in [0.25, 0.3) is 0 Å². The van der Waals surface area contributed by atoms with Crippen LogP contribution in [0.3, 0.4) is 0 Å². The summed E-state index contributed by atoms with van der Waals surface area (Å²) >= 11 is 0. The summed E-state index contributed by atoms with van der Waals surface area (Å²) in [6, 6.07) is 0.